The Labute approximate surface area is 131 Å². The lowest BCUT2D eigenvalue weighted by Gasteiger charge is -2.00. The van der Waals surface area contributed by atoms with Crippen molar-refractivity contribution in [3.05, 3.63) is 33.6 Å². The third-order valence-corrected chi connectivity index (χ3v) is 4.70. The van der Waals surface area contributed by atoms with E-state index in [1.165, 1.54) is 29.9 Å². The largest absolute Gasteiger partial charge is 0.253 e. The summed E-state index contributed by atoms with van der Waals surface area (Å²) >= 11 is 13.5. The maximum absolute atomic E-state index is 6.02. The van der Waals surface area contributed by atoms with Crippen molar-refractivity contribution in [1.29, 1.82) is 0 Å². The van der Waals surface area contributed by atoms with Crippen LogP contribution < -0.4 is 5.43 Å². The molecule has 0 radical (unpaired) electrons. The van der Waals surface area contributed by atoms with Gasteiger partial charge in [-0.3, -0.25) is 5.43 Å². The van der Waals surface area contributed by atoms with Gasteiger partial charge >= 0.3 is 0 Å². The van der Waals surface area contributed by atoms with E-state index in [1.807, 2.05) is 17.5 Å². The fraction of sp³-hybridized carbons (Fsp3) is 0.286. The van der Waals surface area contributed by atoms with Crippen molar-refractivity contribution in [2.24, 2.45) is 5.10 Å². The second-order valence-electron chi connectivity index (χ2n) is 4.66. The summed E-state index contributed by atoms with van der Waals surface area (Å²) in [5.41, 5.74) is 6.10. The Morgan fingerprint density at radius 2 is 1.95 bits per heavy atom. The number of thiazole rings is 1. The van der Waals surface area contributed by atoms with E-state index in [-0.39, 0.29) is 0 Å². The quantitative estimate of drug-likeness (QED) is 0.761. The summed E-state index contributed by atoms with van der Waals surface area (Å²) in [6.07, 6.45) is 4.68. The molecule has 0 saturated heterocycles. The normalized spacial score (nSPS) is 14.6. The van der Waals surface area contributed by atoms with Gasteiger partial charge in [0.1, 0.15) is 0 Å². The number of halogens is 2. The predicted molar refractivity (Wildman–Crippen MR) is 87.1 cm³/mol. The zero-order valence-corrected chi connectivity index (χ0v) is 13.0. The maximum Gasteiger partial charge on any atom is 0.203 e. The van der Waals surface area contributed by atoms with Crippen LogP contribution in [0.2, 0.25) is 10.0 Å². The van der Waals surface area contributed by atoms with Gasteiger partial charge in [0.15, 0.2) is 0 Å². The van der Waals surface area contributed by atoms with E-state index < -0.39 is 0 Å². The van der Waals surface area contributed by atoms with E-state index in [2.05, 4.69) is 15.5 Å². The number of aromatic nitrogens is 1. The van der Waals surface area contributed by atoms with Crippen LogP contribution in [0.3, 0.4) is 0 Å². The van der Waals surface area contributed by atoms with Crippen LogP contribution in [0.4, 0.5) is 5.13 Å². The zero-order chi connectivity index (χ0) is 13.9. The smallest absolute Gasteiger partial charge is 0.203 e. The molecule has 0 atom stereocenters. The Kier molecular flexibility index (Phi) is 4.24. The topological polar surface area (TPSA) is 37.3 Å². The number of nitrogens with one attached hydrogen (secondary N) is 1. The summed E-state index contributed by atoms with van der Waals surface area (Å²) in [7, 11) is 0. The van der Waals surface area contributed by atoms with Crippen LogP contribution in [0.25, 0.3) is 11.3 Å². The lowest BCUT2D eigenvalue weighted by atomic mass is 10.2. The van der Waals surface area contributed by atoms with Crippen LogP contribution in [0, 0.1) is 0 Å². The highest BCUT2D eigenvalue weighted by Crippen LogP contribution is 2.30. The molecule has 1 saturated carbocycles. The van der Waals surface area contributed by atoms with Crippen LogP contribution in [0.15, 0.2) is 28.7 Å². The van der Waals surface area contributed by atoms with Gasteiger partial charge < -0.3 is 0 Å². The van der Waals surface area contributed by atoms with Gasteiger partial charge in [-0.05, 0) is 37.8 Å². The second kappa shape index (κ2) is 6.12. The standard InChI is InChI=1S/C14H13Cl2N3S/c15-11-6-5-9(7-12(11)16)13-8-20-14(17-13)19-18-10-3-1-2-4-10/h5-8H,1-4H2,(H,17,19). The first-order chi connectivity index (χ1) is 9.72. The number of hydrazone groups is 1. The van der Waals surface area contributed by atoms with Crippen LogP contribution >= 0.6 is 34.5 Å². The second-order valence-corrected chi connectivity index (χ2v) is 6.34. The molecule has 0 unspecified atom stereocenters. The predicted octanol–water partition coefficient (Wildman–Crippen LogP) is 5.46. The van der Waals surface area contributed by atoms with Gasteiger partial charge in [0.05, 0.1) is 15.7 Å². The van der Waals surface area contributed by atoms with Gasteiger partial charge in [0.2, 0.25) is 5.13 Å². The molecule has 0 amide bonds. The minimum Gasteiger partial charge on any atom is -0.253 e. The van der Waals surface area contributed by atoms with Crippen LogP contribution in [0.1, 0.15) is 25.7 Å². The highest BCUT2D eigenvalue weighted by atomic mass is 35.5. The van der Waals surface area contributed by atoms with Crippen molar-refractivity contribution in [3.63, 3.8) is 0 Å². The summed E-state index contributed by atoms with van der Waals surface area (Å²) in [5.74, 6) is 0. The van der Waals surface area contributed by atoms with Crippen LogP contribution in [-0.2, 0) is 0 Å². The molecule has 1 aromatic heterocycles. The average molecular weight is 326 g/mol. The van der Waals surface area contributed by atoms with Gasteiger partial charge in [0.25, 0.3) is 0 Å². The number of hydrogen-bond acceptors (Lipinski definition) is 4. The molecular weight excluding hydrogens is 313 g/mol. The molecule has 1 aliphatic carbocycles. The molecule has 0 bridgehead atoms. The van der Waals surface area contributed by atoms with Gasteiger partial charge in [-0.15, -0.1) is 11.3 Å². The molecular formula is C14H13Cl2N3S. The maximum atomic E-state index is 6.02. The molecule has 2 aromatic rings. The van der Waals surface area contributed by atoms with Gasteiger partial charge in [-0.2, -0.15) is 5.10 Å². The first kappa shape index (κ1) is 13.9. The fourth-order valence-electron chi connectivity index (χ4n) is 2.13. The molecule has 0 spiro atoms. The molecule has 1 heterocycles. The summed E-state index contributed by atoms with van der Waals surface area (Å²) < 4.78 is 0. The Hall–Kier alpha value is -1.10. The molecule has 20 heavy (non-hydrogen) atoms. The van der Waals surface area contributed by atoms with E-state index >= 15 is 0 Å². The number of hydrogen-bond donors (Lipinski definition) is 1. The Balaban J connectivity index is 1.75. The van der Waals surface area contributed by atoms with Crippen molar-refractivity contribution < 1.29 is 0 Å². The van der Waals surface area contributed by atoms with Crippen molar-refractivity contribution in [3.8, 4) is 11.3 Å². The van der Waals surface area contributed by atoms with Crippen LogP contribution in [0.5, 0.6) is 0 Å². The van der Waals surface area contributed by atoms with Crippen molar-refractivity contribution >= 4 is 45.4 Å². The Morgan fingerprint density at radius 3 is 2.70 bits per heavy atom. The minimum atomic E-state index is 0.540. The lowest BCUT2D eigenvalue weighted by molar-refractivity contribution is 0.886. The summed E-state index contributed by atoms with van der Waals surface area (Å²) in [6, 6.07) is 5.52. The molecule has 1 aliphatic rings. The molecule has 1 fully saturated rings. The lowest BCUT2D eigenvalue weighted by Crippen LogP contribution is -1.95. The van der Waals surface area contributed by atoms with Crippen LogP contribution in [-0.4, -0.2) is 10.7 Å². The van der Waals surface area contributed by atoms with Gasteiger partial charge in [0, 0.05) is 16.7 Å². The molecule has 1 N–H and O–H groups in total. The molecule has 3 rings (SSSR count). The fourth-order valence-corrected chi connectivity index (χ4v) is 3.09. The van der Waals surface area contributed by atoms with E-state index in [1.54, 1.807) is 6.07 Å². The number of nitrogens with zero attached hydrogens (tertiary/aromatic N) is 2. The zero-order valence-electron chi connectivity index (χ0n) is 10.7. The third-order valence-electron chi connectivity index (χ3n) is 3.21. The Bertz CT molecular complexity index is 644. The summed E-state index contributed by atoms with van der Waals surface area (Å²) in [6.45, 7) is 0. The van der Waals surface area contributed by atoms with E-state index in [9.17, 15) is 0 Å². The summed E-state index contributed by atoms with van der Waals surface area (Å²) in [5, 5.41) is 8.27. The molecule has 6 heteroatoms. The molecule has 1 aromatic carbocycles. The highest BCUT2D eigenvalue weighted by Gasteiger charge is 2.09. The highest BCUT2D eigenvalue weighted by molar-refractivity contribution is 7.14. The number of rotatable bonds is 3. The van der Waals surface area contributed by atoms with Crippen molar-refractivity contribution in [2.45, 2.75) is 25.7 Å². The molecule has 104 valence electrons. The average Bonchev–Trinajstić information content (AvgIpc) is 3.10. The third kappa shape index (κ3) is 3.14. The SMILES string of the molecule is Clc1ccc(-c2csc(NN=C3CCCC3)n2)cc1Cl. The van der Waals surface area contributed by atoms with E-state index in [0.717, 1.165) is 29.2 Å². The molecule has 0 aliphatic heterocycles. The Morgan fingerprint density at radius 1 is 1.15 bits per heavy atom. The van der Waals surface area contributed by atoms with Gasteiger partial charge in [-0.25, -0.2) is 4.98 Å². The number of anilines is 1. The molecule has 3 nitrogen and oxygen atoms in total. The van der Waals surface area contributed by atoms with Gasteiger partial charge in [-0.1, -0.05) is 29.3 Å². The monoisotopic (exact) mass is 325 g/mol. The van der Waals surface area contributed by atoms with E-state index in [0.29, 0.717) is 10.0 Å². The van der Waals surface area contributed by atoms with E-state index in [4.69, 9.17) is 23.2 Å². The first-order valence-electron chi connectivity index (χ1n) is 6.45. The van der Waals surface area contributed by atoms with Crippen molar-refractivity contribution in [2.75, 3.05) is 5.43 Å². The summed E-state index contributed by atoms with van der Waals surface area (Å²) in [4.78, 5) is 4.51. The minimum absolute atomic E-state index is 0.540. The number of benzene rings is 1. The van der Waals surface area contributed by atoms with Crippen molar-refractivity contribution in [1.82, 2.24) is 4.98 Å². The first-order valence-corrected chi connectivity index (χ1v) is 8.08.